The molecule has 0 amide bonds. The van der Waals surface area contributed by atoms with Crippen molar-refractivity contribution in [1.82, 2.24) is 20.2 Å². The maximum atomic E-state index is 4.54. The standard InChI is InChI=1S/C12H14BrN5/c1-7-9(6-15-18-7)5-14-11-4-10(13)16-12(17-11)8-2-3-8/h4,6,8H,2-3,5H2,1H3,(H,15,18)(H,14,16,17). The molecule has 3 rings (SSSR count). The summed E-state index contributed by atoms with van der Waals surface area (Å²) in [5, 5.41) is 10.2. The zero-order valence-corrected chi connectivity index (χ0v) is 11.7. The molecule has 2 aromatic rings. The fourth-order valence-corrected chi connectivity index (χ4v) is 2.19. The van der Waals surface area contributed by atoms with Crippen LogP contribution in [0.3, 0.4) is 0 Å². The number of anilines is 1. The normalized spacial score (nSPS) is 14.8. The first-order valence-electron chi connectivity index (χ1n) is 5.99. The van der Waals surface area contributed by atoms with Gasteiger partial charge in [-0.25, -0.2) is 9.97 Å². The summed E-state index contributed by atoms with van der Waals surface area (Å²) in [6, 6.07) is 1.90. The van der Waals surface area contributed by atoms with Crippen molar-refractivity contribution in [3.05, 3.63) is 33.9 Å². The number of H-pyrrole nitrogens is 1. The Morgan fingerprint density at radius 1 is 1.44 bits per heavy atom. The summed E-state index contributed by atoms with van der Waals surface area (Å²) in [5.74, 6) is 2.36. The van der Waals surface area contributed by atoms with Crippen molar-refractivity contribution >= 4 is 21.7 Å². The van der Waals surface area contributed by atoms with E-state index in [4.69, 9.17) is 0 Å². The van der Waals surface area contributed by atoms with Crippen molar-refractivity contribution in [2.24, 2.45) is 0 Å². The predicted molar refractivity (Wildman–Crippen MR) is 72.4 cm³/mol. The third-order valence-electron chi connectivity index (χ3n) is 3.05. The quantitative estimate of drug-likeness (QED) is 0.852. The Bertz CT molecular complexity index is 561. The molecule has 2 heterocycles. The molecule has 0 bridgehead atoms. The van der Waals surface area contributed by atoms with Crippen molar-refractivity contribution in [2.75, 3.05) is 5.32 Å². The van der Waals surface area contributed by atoms with E-state index in [9.17, 15) is 0 Å². The fraction of sp³-hybridized carbons (Fsp3) is 0.417. The lowest BCUT2D eigenvalue weighted by Crippen LogP contribution is -2.04. The van der Waals surface area contributed by atoms with E-state index in [2.05, 4.69) is 41.4 Å². The lowest BCUT2D eigenvalue weighted by Gasteiger charge is -2.07. The Kier molecular flexibility index (Phi) is 3.03. The second-order valence-corrected chi connectivity index (χ2v) is 5.39. The van der Waals surface area contributed by atoms with Gasteiger partial charge in [0.05, 0.1) is 6.20 Å². The molecule has 0 atom stereocenters. The van der Waals surface area contributed by atoms with E-state index in [1.165, 1.54) is 12.8 Å². The first-order valence-corrected chi connectivity index (χ1v) is 6.79. The second kappa shape index (κ2) is 4.68. The van der Waals surface area contributed by atoms with Gasteiger partial charge in [0.2, 0.25) is 0 Å². The van der Waals surface area contributed by atoms with Gasteiger partial charge in [-0.15, -0.1) is 0 Å². The molecule has 6 heteroatoms. The molecular weight excluding hydrogens is 294 g/mol. The Morgan fingerprint density at radius 2 is 2.28 bits per heavy atom. The van der Waals surface area contributed by atoms with Crippen molar-refractivity contribution in [2.45, 2.75) is 32.2 Å². The zero-order valence-electron chi connectivity index (χ0n) is 10.1. The average Bonchev–Trinajstić information content (AvgIpc) is 3.11. The molecule has 0 radical (unpaired) electrons. The lowest BCUT2D eigenvalue weighted by molar-refractivity contribution is 0.909. The van der Waals surface area contributed by atoms with Gasteiger partial charge in [-0.2, -0.15) is 5.10 Å². The highest BCUT2D eigenvalue weighted by molar-refractivity contribution is 9.10. The summed E-state index contributed by atoms with van der Waals surface area (Å²) in [7, 11) is 0. The topological polar surface area (TPSA) is 66.5 Å². The second-order valence-electron chi connectivity index (χ2n) is 4.58. The van der Waals surface area contributed by atoms with Crippen LogP contribution in [0.15, 0.2) is 16.9 Å². The van der Waals surface area contributed by atoms with Gasteiger partial charge in [-0.1, -0.05) is 0 Å². The maximum Gasteiger partial charge on any atom is 0.135 e. The monoisotopic (exact) mass is 307 g/mol. The number of rotatable bonds is 4. The lowest BCUT2D eigenvalue weighted by atomic mass is 10.2. The van der Waals surface area contributed by atoms with Crippen LogP contribution in [0.4, 0.5) is 5.82 Å². The van der Waals surface area contributed by atoms with E-state index >= 15 is 0 Å². The van der Waals surface area contributed by atoms with Crippen molar-refractivity contribution in [1.29, 1.82) is 0 Å². The summed E-state index contributed by atoms with van der Waals surface area (Å²) in [6.45, 7) is 2.73. The van der Waals surface area contributed by atoms with E-state index in [0.29, 0.717) is 5.92 Å². The molecule has 1 saturated carbocycles. The molecule has 1 aliphatic rings. The molecule has 18 heavy (non-hydrogen) atoms. The van der Waals surface area contributed by atoms with Crippen LogP contribution in [0, 0.1) is 6.92 Å². The number of aromatic nitrogens is 4. The number of nitrogens with zero attached hydrogens (tertiary/aromatic N) is 3. The van der Waals surface area contributed by atoms with Gasteiger partial charge in [-0.3, -0.25) is 5.10 Å². The van der Waals surface area contributed by atoms with Gasteiger partial charge >= 0.3 is 0 Å². The molecule has 2 aromatic heterocycles. The molecule has 1 fully saturated rings. The number of halogens is 1. The highest BCUT2D eigenvalue weighted by Crippen LogP contribution is 2.38. The first-order chi connectivity index (χ1) is 8.72. The molecule has 1 aliphatic carbocycles. The van der Waals surface area contributed by atoms with Gasteiger partial charge in [-0.05, 0) is 35.7 Å². The molecular formula is C12H14BrN5. The van der Waals surface area contributed by atoms with Crippen LogP contribution in [-0.2, 0) is 6.54 Å². The first kappa shape index (κ1) is 11.6. The van der Waals surface area contributed by atoms with Crippen LogP contribution in [0.25, 0.3) is 0 Å². The molecule has 0 aromatic carbocycles. The summed E-state index contributed by atoms with van der Waals surface area (Å²) in [4.78, 5) is 8.95. The highest BCUT2D eigenvalue weighted by atomic mass is 79.9. The summed E-state index contributed by atoms with van der Waals surface area (Å²) in [5.41, 5.74) is 2.23. The molecule has 94 valence electrons. The minimum Gasteiger partial charge on any atom is -0.366 e. The van der Waals surface area contributed by atoms with E-state index < -0.39 is 0 Å². The van der Waals surface area contributed by atoms with Crippen molar-refractivity contribution in [3.63, 3.8) is 0 Å². The Balaban J connectivity index is 1.74. The molecule has 0 saturated heterocycles. The highest BCUT2D eigenvalue weighted by Gasteiger charge is 2.27. The SMILES string of the molecule is Cc1[nH]ncc1CNc1cc(Br)nc(C2CC2)n1. The molecule has 0 unspecified atom stereocenters. The van der Waals surface area contributed by atoms with Crippen LogP contribution < -0.4 is 5.32 Å². The molecule has 0 spiro atoms. The Labute approximate surface area is 114 Å². The largest absolute Gasteiger partial charge is 0.366 e. The van der Waals surface area contributed by atoms with Gasteiger partial charge in [0.1, 0.15) is 16.2 Å². The Hall–Kier alpha value is -1.43. The van der Waals surface area contributed by atoms with Gasteiger partial charge < -0.3 is 5.32 Å². The predicted octanol–water partition coefficient (Wildman–Crippen LogP) is 2.76. The van der Waals surface area contributed by atoms with Gasteiger partial charge in [0, 0.05) is 29.8 Å². The number of hydrogen-bond donors (Lipinski definition) is 2. The number of hydrogen-bond acceptors (Lipinski definition) is 4. The van der Waals surface area contributed by atoms with Crippen molar-refractivity contribution in [3.8, 4) is 0 Å². The maximum absolute atomic E-state index is 4.54. The molecule has 5 nitrogen and oxygen atoms in total. The Morgan fingerprint density at radius 3 is 2.94 bits per heavy atom. The number of nitrogens with one attached hydrogen (secondary N) is 2. The minimum atomic E-state index is 0.554. The van der Waals surface area contributed by atoms with Crippen LogP contribution in [0.1, 0.15) is 35.8 Å². The minimum absolute atomic E-state index is 0.554. The third kappa shape index (κ3) is 2.53. The summed E-state index contributed by atoms with van der Waals surface area (Å²) in [6.07, 6.45) is 4.24. The van der Waals surface area contributed by atoms with Crippen LogP contribution in [-0.4, -0.2) is 20.2 Å². The van der Waals surface area contributed by atoms with Crippen molar-refractivity contribution < 1.29 is 0 Å². The number of aryl methyl sites for hydroxylation is 1. The molecule has 0 aliphatic heterocycles. The fourth-order valence-electron chi connectivity index (χ4n) is 1.79. The van der Waals surface area contributed by atoms with Gasteiger partial charge in [0.15, 0.2) is 0 Å². The third-order valence-corrected chi connectivity index (χ3v) is 3.46. The van der Waals surface area contributed by atoms with E-state index in [-0.39, 0.29) is 0 Å². The van der Waals surface area contributed by atoms with Crippen LogP contribution >= 0.6 is 15.9 Å². The van der Waals surface area contributed by atoms with E-state index in [1.807, 2.05) is 19.2 Å². The van der Waals surface area contributed by atoms with E-state index in [0.717, 1.165) is 34.0 Å². The number of aromatic amines is 1. The van der Waals surface area contributed by atoms with Crippen LogP contribution in [0.5, 0.6) is 0 Å². The zero-order chi connectivity index (χ0) is 12.5. The molecule has 2 N–H and O–H groups in total. The average molecular weight is 308 g/mol. The summed E-state index contributed by atoms with van der Waals surface area (Å²) >= 11 is 3.43. The van der Waals surface area contributed by atoms with E-state index in [1.54, 1.807) is 0 Å². The summed E-state index contributed by atoms with van der Waals surface area (Å²) < 4.78 is 0.839. The van der Waals surface area contributed by atoms with Crippen LogP contribution in [0.2, 0.25) is 0 Å². The smallest absolute Gasteiger partial charge is 0.135 e. The van der Waals surface area contributed by atoms with Gasteiger partial charge in [0.25, 0.3) is 0 Å².